The molecule has 0 fully saturated rings. The van der Waals surface area contributed by atoms with E-state index < -0.39 is 0 Å². The van der Waals surface area contributed by atoms with Crippen LogP contribution in [0.1, 0.15) is 6.92 Å². The average Bonchev–Trinajstić information content (AvgIpc) is 3.00. The van der Waals surface area contributed by atoms with E-state index in [2.05, 4.69) is 25.6 Å². The molecule has 3 aromatic rings. The fraction of sp³-hybridized carbons (Fsp3) is 0.188. The van der Waals surface area contributed by atoms with Crippen LogP contribution in [0.15, 0.2) is 42.6 Å². The topological polar surface area (TPSA) is 82.7 Å². The van der Waals surface area contributed by atoms with Crippen molar-refractivity contribution in [2.75, 3.05) is 18.4 Å². The van der Waals surface area contributed by atoms with Crippen molar-refractivity contribution < 1.29 is 4.79 Å². The second-order valence-electron chi connectivity index (χ2n) is 4.91. The number of fused-ring (bicyclic) bond motifs is 1. The van der Waals surface area contributed by atoms with Gasteiger partial charge in [0, 0.05) is 31.8 Å². The van der Waals surface area contributed by atoms with Crippen LogP contribution in [0, 0.1) is 0 Å². The fourth-order valence-electron chi connectivity index (χ4n) is 2.21. The molecular formula is C16H17N5O. The SMILES string of the molecule is CC(=O)NCCNc1nc(-c2ccccc2)nc2[nH]ccc12. The summed E-state index contributed by atoms with van der Waals surface area (Å²) < 4.78 is 0. The highest BCUT2D eigenvalue weighted by molar-refractivity contribution is 5.88. The van der Waals surface area contributed by atoms with Gasteiger partial charge in [0.15, 0.2) is 5.82 Å². The molecule has 2 heterocycles. The lowest BCUT2D eigenvalue weighted by molar-refractivity contribution is -0.118. The zero-order chi connectivity index (χ0) is 15.4. The van der Waals surface area contributed by atoms with Gasteiger partial charge in [-0.25, -0.2) is 9.97 Å². The van der Waals surface area contributed by atoms with Gasteiger partial charge in [0.1, 0.15) is 11.5 Å². The zero-order valence-corrected chi connectivity index (χ0v) is 12.3. The van der Waals surface area contributed by atoms with Gasteiger partial charge in [-0.2, -0.15) is 0 Å². The standard InChI is InChI=1S/C16H17N5O/c1-11(22)17-9-10-19-16-13-7-8-18-15(13)20-14(21-16)12-5-3-2-4-6-12/h2-8H,9-10H2,1H3,(H,17,22)(H2,18,19,20,21). The number of nitrogens with zero attached hydrogens (tertiary/aromatic N) is 2. The second-order valence-corrected chi connectivity index (χ2v) is 4.91. The largest absolute Gasteiger partial charge is 0.368 e. The van der Waals surface area contributed by atoms with E-state index in [-0.39, 0.29) is 5.91 Å². The smallest absolute Gasteiger partial charge is 0.216 e. The maximum Gasteiger partial charge on any atom is 0.216 e. The van der Waals surface area contributed by atoms with Gasteiger partial charge in [-0.05, 0) is 6.07 Å². The Hall–Kier alpha value is -2.89. The highest BCUT2D eigenvalue weighted by Crippen LogP contribution is 2.23. The van der Waals surface area contributed by atoms with E-state index in [1.807, 2.05) is 42.6 Å². The fourth-order valence-corrected chi connectivity index (χ4v) is 2.21. The van der Waals surface area contributed by atoms with Crippen LogP contribution >= 0.6 is 0 Å². The Kier molecular flexibility index (Phi) is 4.00. The van der Waals surface area contributed by atoms with E-state index in [0.717, 1.165) is 22.4 Å². The minimum atomic E-state index is -0.0405. The van der Waals surface area contributed by atoms with E-state index in [1.54, 1.807) is 0 Å². The summed E-state index contributed by atoms with van der Waals surface area (Å²) in [6.45, 7) is 2.65. The van der Waals surface area contributed by atoms with E-state index >= 15 is 0 Å². The van der Waals surface area contributed by atoms with Crippen molar-refractivity contribution in [3.63, 3.8) is 0 Å². The molecule has 0 aliphatic rings. The lowest BCUT2D eigenvalue weighted by Crippen LogP contribution is -2.26. The van der Waals surface area contributed by atoms with E-state index in [4.69, 9.17) is 0 Å². The van der Waals surface area contributed by atoms with Crippen LogP contribution in [0.2, 0.25) is 0 Å². The number of hydrogen-bond donors (Lipinski definition) is 3. The number of anilines is 1. The van der Waals surface area contributed by atoms with Gasteiger partial charge in [-0.1, -0.05) is 30.3 Å². The molecule has 0 saturated heterocycles. The summed E-state index contributed by atoms with van der Waals surface area (Å²) in [6, 6.07) is 11.8. The maximum absolute atomic E-state index is 10.9. The van der Waals surface area contributed by atoms with Crippen molar-refractivity contribution in [2.24, 2.45) is 0 Å². The summed E-state index contributed by atoms with van der Waals surface area (Å²) >= 11 is 0. The third kappa shape index (κ3) is 3.06. The maximum atomic E-state index is 10.9. The summed E-state index contributed by atoms with van der Waals surface area (Å²) in [4.78, 5) is 23.2. The summed E-state index contributed by atoms with van der Waals surface area (Å²) in [5.74, 6) is 1.38. The summed E-state index contributed by atoms with van der Waals surface area (Å²) in [7, 11) is 0. The Labute approximate surface area is 128 Å². The van der Waals surface area contributed by atoms with Crippen molar-refractivity contribution in [3.8, 4) is 11.4 Å². The van der Waals surface area contributed by atoms with Crippen molar-refractivity contribution in [2.45, 2.75) is 6.92 Å². The number of nitrogens with one attached hydrogen (secondary N) is 3. The van der Waals surface area contributed by atoms with Gasteiger partial charge >= 0.3 is 0 Å². The molecule has 0 atom stereocenters. The van der Waals surface area contributed by atoms with Crippen LogP contribution in [0.4, 0.5) is 5.82 Å². The van der Waals surface area contributed by atoms with Crippen LogP contribution in [-0.2, 0) is 4.79 Å². The van der Waals surface area contributed by atoms with Gasteiger partial charge in [0.2, 0.25) is 5.91 Å². The molecule has 3 N–H and O–H groups in total. The number of rotatable bonds is 5. The van der Waals surface area contributed by atoms with Crippen LogP contribution in [0.25, 0.3) is 22.4 Å². The van der Waals surface area contributed by atoms with Crippen LogP contribution < -0.4 is 10.6 Å². The molecule has 22 heavy (non-hydrogen) atoms. The molecule has 0 bridgehead atoms. The molecule has 0 aliphatic heterocycles. The number of aromatic nitrogens is 3. The predicted molar refractivity (Wildman–Crippen MR) is 86.5 cm³/mol. The Morgan fingerprint density at radius 1 is 1.14 bits per heavy atom. The monoisotopic (exact) mass is 295 g/mol. The molecule has 0 spiro atoms. The molecule has 1 aromatic carbocycles. The van der Waals surface area contributed by atoms with Gasteiger partial charge in [-0.15, -0.1) is 0 Å². The Morgan fingerprint density at radius 2 is 1.95 bits per heavy atom. The third-order valence-electron chi connectivity index (χ3n) is 3.24. The van der Waals surface area contributed by atoms with Crippen LogP contribution in [0.3, 0.4) is 0 Å². The molecular weight excluding hydrogens is 278 g/mol. The third-order valence-corrected chi connectivity index (χ3v) is 3.24. The highest BCUT2D eigenvalue weighted by Gasteiger charge is 2.09. The van der Waals surface area contributed by atoms with Gasteiger partial charge in [-0.3, -0.25) is 4.79 Å². The second kappa shape index (κ2) is 6.26. The number of carbonyl (C=O) groups is 1. The number of carbonyl (C=O) groups excluding carboxylic acids is 1. The van der Waals surface area contributed by atoms with Crippen molar-refractivity contribution in [1.82, 2.24) is 20.3 Å². The molecule has 6 nitrogen and oxygen atoms in total. The first-order chi connectivity index (χ1) is 10.7. The van der Waals surface area contributed by atoms with Gasteiger partial charge in [0.05, 0.1) is 5.39 Å². The van der Waals surface area contributed by atoms with Crippen LogP contribution in [-0.4, -0.2) is 33.9 Å². The minimum absolute atomic E-state index is 0.0405. The number of benzene rings is 1. The summed E-state index contributed by atoms with van der Waals surface area (Å²) in [5, 5.41) is 6.94. The first kappa shape index (κ1) is 14.1. The van der Waals surface area contributed by atoms with Crippen molar-refractivity contribution in [3.05, 3.63) is 42.6 Å². The van der Waals surface area contributed by atoms with Gasteiger partial charge < -0.3 is 15.6 Å². The summed E-state index contributed by atoms with van der Waals surface area (Å²) in [5.41, 5.74) is 1.75. The molecule has 1 amide bonds. The lowest BCUT2D eigenvalue weighted by atomic mass is 10.2. The Morgan fingerprint density at radius 3 is 2.73 bits per heavy atom. The predicted octanol–water partition coefficient (Wildman–Crippen LogP) is 2.17. The Bertz CT molecular complexity index is 782. The van der Waals surface area contributed by atoms with Crippen molar-refractivity contribution >= 4 is 22.8 Å². The van der Waals surface area contributed by atoms with E-state index in [1.165, 1.54) is 6.92 Å². The van der Waals surface area contributed by atoms with E-state index in [9.17, 15) is 4.79 Å². The van der Waals surface area contributed by atoms with E-state index in [0.29, 0.717) is 18.9 Å². The number of aromatic amines is 1. The molecule has 0 radical (unpaired) electrons. The summed E-state index contributed by atoms with van der Waals surface area (Å²) in [6.07, 6.45) is 1.84. The minimum Gasteiger partial charge on any atom is -0.368 e. The first-order valence-corrected chi connectivity index (χ1v) is 7.13. The van der Waals surface area contributed by atoms with Crippen molar-refractivity contribution in [1.29, 1.82) is 0 Å². The molecule has 112 valence electrons. The lowest BCUT2D eigenvalue weighted by Gasteiger charge is -2.09. The Balaban J connectivity index is 1.88. The van der Waals surface area contributed by atoms with Crippen LogP contribution in [0.5, 0.6) is 0 Å². The zero-order valence-electron chi connectivity index (χ0n) is 12.3. The molecule has 3 rings (SSSR count). The molecule has 0 unspecified atom stereocenters. The normalized spacial score (nSPS) is 10.6. The molecule has 0 aliphatic carbocycles. The average molecular weight is 295 g/mol. The number of amides is 1. The van der Waals surface area contributed by atoms with Gasteiger partial charge in [0.25, 0.3) is 0 Å². The molecule has 0 saturated carbocycles. The first-order valence-electron chi connectivity index (χ1n) is 7.13. The quantitative estimate of drug-likeness (QED) is 0.630. The molecule has 2 aromatic heterocycles. The number of H-pyrrole nitrogens is 1. The molecule has 6 heteroatoms. The highest BCUT2D eigenvalue weighted by atomic mass is 16.1. The number of hydrogen-bond acceptors (Lipinski definition) is 4.